The molecule has 1 fully saturated rings. The summed E-state index contributed by atoms with van der Waals surface area (Å²) in [7, 11) is 0. The summed E-state index contributed by atoms with van der Waals surface area (Å²) in [5, 5.41) is 37.7. The number of ether oxygens (including phenoxy) is 2. The van der Waals surface area contributed by atoms with Crippen molar-refractivity contribution in [1.82, 2.24) is 10.2 Å². The Morgan fingerprint density at radius 1 is 1.10 bits per heavy atom. The Morgan fingerprint density at radius 2 is 1.93 bits per heavy atom. The van der Waals surface area contributed by atoms with E-state index in [1.807, 2.05) is 61.0 Å². The predicted octanol–water partition coefficient (Wildman–Crippen LogP) is 6.92. The van der Waals surface area contributed by atoms with Gasteiger partial charge in [-0.25, -0.2) is 0 Å². The fraction of sp³-hybridized carbons (Fsp3) is 0.490. The maximum absolute atomic E-state index is 14.0. The van der Waals surface area contributed by atoms with Gasteiger partial charge < -0.3 is 40.7 Å². The second kappa shape index (κ2) is 17.3. The summed E-state index contributed by atoms with van der Waals surface area (Å²) in [4.78, 5) is 21.1. The van der Waals surface area contributed by atoms with E-state index in [-0.39, 0.29) is 24.3 Å². The molecule has 5 aliphatic heterocycles. The molecule has 10 heteroatoms. The number of aliphatic hydroxyl groups excluding tert-OH is 3. The van der Waals surface area contributed by atoms with E-state index < -0.39 is 47.7 Å². The number of carbonyl (C=O) groups excluding carboxylic acids is 1. The van der Waals surface area contributed by atoms with Gasteiger partial charge in [-0.05, 0) is 95.8 Å². The summed E-state index contributed by atoms with van der Waals surface area (Å²) < 4.78 is 13.4. The zero-order valence-electron chi connectivity index (χ0n) is 35.3. The monoisotopic (exact) mass is 822 g/mol. The van der Waals surface area contributed by atoms with Gasteiger partial charge in [0.05, 0.1) is 35.8 Å². The number of allylic oxidation sites excluding steroid dienone is 2. The average molecular weight is 823 g/mol. The predicted molar refractivity (Wildman–Crippen MR) is 235 cm³/mol. The Labute approximate surface area is 359 Å². The molecule has 10 nitrogen and oxygen atoms in total. The first-order chi connectivity index (χ1) is 29.6. The number of aliphatic hydroxyl groups is 3. The number of nitrogens with zero attached hydrogens (tertiary/aromatic N) is 2. The molecule has 0 amide bonds. The summed E-state index contributed by atoms with van der Waals surface area (Å²) >= 11 is 0. The molecule has 0 saturated heterocycles. The fourth-order valence-corrected chi connectivity index (χ4v) is 10.6. The molecule has 9 atom stereocenters. The molecule has 2 bridgehead atoms. The Hall–Kier alpha value is -5.10. The number of ketones is 1. The Bertz CT molecular complexity index is 2330. The Morgan fingerprint density at radius 3 is 2.75 bits per heavy atom. The Balaban J connectivity index is 1.04. The number of hydrogen-bond donors (Lipinski definition) is 5. The summed E-state index contributed by atoms with van der Waals surface area (Å²) in [6.45, 7) is 4.70. The second-order valence-corrected chi connectivity index (χ2v) is 18.2. The average Bonchev–Trinajstić information content (AvgIpc) is 4.00. The second-order valence-electron chi connectivity index (χ2n) is 18.2. The van der Waals surface area contributed by atoms with Gasteiger partial charge in [0.1, 0.15) is 24.2 Å². The van der Waals surface area contributed by atoms with Crippen LogP contribution in [0.5, 0.6) is 11.5 Å². The van der Waals surface area contributed by atoms with Crippen LogP contribution in [-0.2, 0) is 17.6 Å². The normalized spacial score (nSPS) is 28.5. The third-order valence-corrected chi connectivity index (χ3v) is 14.1. The summed E-state index contributed by atoms with van der Waals surface area (Å²) in [6.07, 6.45) is 20.2. The van der Waals surface area contributed by atoms with E-state index in [1.54, 1.807) is 0 Å². The van der Waals surface area contributed by atoms with Gasteiger partial charge in [0, 0.05) is 42.7 Å². The third-order valence-electron chi connectivity index (χ3n) is 14.1. The molecule has 1 saturated carbocycles. The van der Waals surface area contributed by atoms with E-state index >= 15 is 0 Å². The number of rotatable bonds is 10. The minimum absolute atomic E-state index is 0.00303. The Kier molecular flexibility index (Phi) is 11.7. The standard InChI is InChI=1S/C51H58N4O6/c1-3-4-5-8-37(48(59)38-12-9-31(2)25-45(38)58)44(57)16-10-32-11-18-46-47(26-32)61-50-41(51(22-24-60-46)20-6-7-21-51)15-17-43(56)35-13-14-36-34(19-23-53-49(36)52)39(35)27-33-28-54-42-30-55(50)29-40(33)42/h9,11-14,18-19,23,26,28-29,31,37-38,41,43,45,48-50,53,56,58-59H,3-8,10,16,20-21,25,27,30,52H2,1-2H3. The number of aryl methyl sites for hydroxylation is 1. The molecule has 5 heterocycles. The van der Waals surface area contributed by atoms with Crippen molar-refractivity contribution in [2.24, 2.45) is 39.8 Å². The number of benzene rings is 2. The van der Waals surface area contributed by atoms with E-state index in [1.165, 1.54) is 0 Å². The van der Waals surface area contributed by atoms with E-state index in [2.05, 4.69) is 54.1 Å². The van der Waals surface area contributed by atoms with Crippen LogP contribution < -0.4 is 20.5 Å². The quantitative estimate of drug-likeness (QED) is 0.0979. The molecular formula is C51H58N4O6. The van der Waals surface area contributed by atoms with Crippen molar-refractivity contribution in [3.05, 3.63) is 100 Å². The minimum Gasteiger partial charge on any atom is -0.465 e. The van der Waals surface area contributed by atoms with Crippen LogP contribution in [0.25, 0.3) is 6.08 Å². The van der Waals surface area contributed by atoms with Gasteiger partial charge in [-0.3, -0.25) is 9.79 Å². The summed E-state index contributed by atoms with van der Waals surface area (Å²) in [5.41, 5.74) is 13.6. The number of unbranched alkanes of at least 4 members (excludes halogenated alkanes) is 2. The van der Waals surface area contributed by atoms with Gasteiger partial charge in [0.25, 0.3) is 0 Å². The van der Waals surface area contributed by atoms with Gasteiger partial charge in [-0.15, -0.1) is 0 Å². The molecule has 2 aliphatic carbocycles. The van der Waals surface area contributed by atoms with Crippen molar-refractivity contribution in [2.75, 3.05) is 6.54 Å². The maximum Gasteiger partial charge on any atom is 0.187 e. The van der Waals surface area contributed by atoms with Gasteiger partial charge in [0.15, 0.2) is 17.7 Å². The molecule has 0 radical (unpaired) electrons. The number of nitrogens with two attached hydrogens (primary N) is 1. The summed E-state index contributed by atoms with van der Waals surface area (Å²) in [5.74, 6) is 10.2. The lowest BCUT2D eigenvalue weighted by Gasteiger charge is -2.39. The molecule has 0 aromatic heterocycles. The maximum atomic E-state index is 14.0. The molecule has 61 heavy (non-hydrogen) atoms. The van der Waals surface area contributed by atoms with Crippen LogP contribution in [0.3, 0.4) is 0 Å². The highest BCUT2D eigenvalue weighted by Gasteiger charge is 2.49. The molecule has 2 aromatic rings. The smallest absolute Gasteiger partial charge is 0.187 e. The molecule has 6 N–H and O–H groups in total. The first kappa shape index (κ1) is 41.3. The molecule has 1 spiro atoms. The van der Waals surface area contributed by atoms with Crippen LogP contribution in [0, 0.1) is 53.0 Å². The molecule has 2 aromatic carbocycles. The topological polar surface area (TPSA) is 150 Å². The highest BCUT2D eigenvalue weighted by molar-refractivity contribution is 6.09. The van der Waals surface area contributed by atoms with E-state index in [0.717, 1.165) is 89.6 Å². The van der Waals surface area contributed by atoms with Gasteiger partial charge in [-0.2, -0.15) is 0 Å². The number of hydrogen-bond acceptors (Lipinski definition) is 10. The van der Waals surface area contributed by atoms with E-state index in [0.29, 0.717) is 43.7 Å². The lowest BCUT2D eigenvalue weighted by molar-refractivity contribution is -0.129. The fourth-order valence-electron chi connectivity index (χ4n) is 10.6. The zero-order chi connectivity index (χ0) is 42.3. The SMILES string of the molecule is CCCCCC(C(=O)CCc1ccc2c(c1)OC1C(C#CC(O)c3ccc4c(c3CC3=CN=C5CN1C=C35)C=CNC4N)C1(C#CO2)CCCC1)C(O)C1C=CC(C)CC1O. The van der Waals surface area contributed by atoms with Crippen LogP contribution in [-0.4, -0.2) is 56.7 Å². The van der Waals surface area contributed by atoms with Crippen molar-refractivity contribution >= 4 is 17.6 Å². The van der Waals surface area contributed by atoms with Crippen molar-refractivity contribution < 1.29 is 29.6 Å². The van der Waals surface area contributed by atoms with Gasteiger partial charge in [0.2, 0.25) is 0 Å². The number of aliphatic imine (C=N–C) groups is 1. The summed E-state index contributed by atoms with van der Waals surface area (Å²) in [6, 6.07) is 9.70. The van der Waals surface area contributed by atoms with Crippen LogP contribution in [0.1, 0.15) is 118 Å². The lowest BCUT2D eigenvalue weighted by atomic mass is 9.73. The molecule has 9 unspecified atom stereocenters. The zero-order valence-corrected chi connectivity index (χ0v) is 35.3. The highest BCUT2D eigenvalue weighted by atomic mass is 16.5. The van der Waals surface area contributed by atoms with Crippen LogP contribution in [0.2, 0.25) is 0 Å². The van der Waals surface area contributed by atoms with Crippen LogP contribution in [0.4, 0.5) is 0 Å². The van der Waals surface area contributed by atoms with Gasteiger partial charge >= 0.3 is 0 Å². The van der Waals surface area contributed by atoms with E-state index in [4.69, 9.17) is 20.2 Å². The van der Waals surface area contributed by atoms with Crippen molar-refractivity contribution in [1.29, 1.82) is 0 Å². The number of nitrogens with one attached hydrogen (secondary N) is 1. The van der Waals surface area contributed by atoms with Gasteiger partial charge in [-0.1, -0.05) is 94.1 Å². The largest absolute Gasteiger partial charge is 0.465 e. The van der Waals surface area contributed by atoms with Crippen molar-refractivity contribution in [3.63, 3.8) is 0 Å². The molecule has 7 aliphatic rings. The molecule has 318 valence electrons. The van der Waals surface area contributed by atoms with E-state index in [9.17, 15) is 20.1 Å². The first-order valence-corrected chi connectivity index (χ1v) is 22.4. The molecular weight excluding hydrogens is 765 g/mol. The first-order valence-electron chi connectivity index (χ1n) is 22.4. The number of fused-ring (bicyclic) bond motifs is 8. The third kappa shape index (κ3) is 8.08. The number of Topliss-reactive ketones (excluding diaryl/α,β-unsaturated/α-hetero) is 1. The van der Waals surface area contributed by atoms with Crippen LogP contribution in [0.15, 0.2) is 77.2 Å². The van der Waals surface area contributed by atoms with Crippen LogP contribution >= 0.6 is 0 Å². The molecule has 9 rings (SSSR count). The minimum atomic E-state index is -1.07. The van der Waals surface area contributed by atoms with Crippen molar-refractivity contribution in [2.45, 2.75) is 122 Å². The van der Waals surface area contributed by atoms with Crippen molar-refractivity contribution in [3.8, 4) is 35.4 Å². The lowest BCUT2D eigenvalue weighted by Crippen LogP contribution is -2.47. The highest BCUT2D eigenvalue weighted by Crippen LogP contribution is 2.49. The number of carbonyl (C=O) groups is 1.